The fourth-order valence-corrected chi connectivity index (χ4v) is 3.54. The summed E-state index contributed by atoms with van der Waals surface area (Å²) in [6.07, 6.45) is 7.15. The largest absolute Gasteiger partial charge is 0.369 e. The van der Waals surface area contributed by atoms with Gasteiger partial charge in [0.05, 0.1) is 12.2 Å². The van der Waals surface area contributed by atoms with E-state index in [-0.39, 0.29) is 6.10 Å². The van der Waals surface area contributed by atoms with Crippen LogP contribution in [0.2, 0.25) is 0 Å². The summed E-state index contributed by atoms with van der Waals surface area (Å²) in [5.41, 5.74) is 2.60. The lowest BCUT2D eigenvalue weighted by atomic mass is 9.84. The SMILES string of the molecule is CCC1CCCCC1OC(CBr)c1ccc(C)cc1. The number of alkyl halides is 1. The molecule has 1 saturated carbocycles. The molecule has 0 bridgehead atoms. The van der Waals surface area contributed by atoms with Crippen molar-refractivity contribution in [2.75, 3.05) is 5.33 Å². The third kappa shape index (κ3) is 4.06. The molecule has 1 fully saturated rings. The van der Waals surface area contributed by atoms with E-state index in [4.69, 9.17) is 4.74 Å². The van der Waals surface area contributed by atoms with E-state index in [1.165, 1.54) is 43.2 Å². The van der Waals surface area contributed by atoms with E-state index in [9.17, 15) is 0 Å². The molecule has 0 aliphatic heterocycles. The van der Waals surface area contributed by atoms with Crippen molar-refractivity contribution in [1.82, 2.24) is 0 Å². The molecule has 0 spiro atoms. The molecule has 3 atom stereocenters. The maximum Gasteiger partial charge on any atom is 0.0925 e. The second kappa shape index (κ2) is 7.44. The summed E-state index contributed by atoms with van der Waals surface area (Å²) in [4.78, 5) is 0. The van der Waals surface area contributed by atoms with Gasteiger partial charge in [-0.15, -0.1) is 0 Å². The summed E-state index contributed by atoms with van der Waals surface area (Å²) in [6.45, 7) is 4.42. The van der Waals surface area contributed by atoms with E-state index >= 15 is 0 Å². The van der Waals surface area contributed by atoms with Crippen molar-refractivity contribution >= 4 is 15.9 Å². The van der Waals surface area contributed by atoms with Crippen LogP contribution in [0.5, 0.6) is 0 Å². The van der Waals surface area contributed by atoms with Crippen molar-refractivity contribution in [3.63, 3.8) is 0 Å². The summed E-state index contributed by atoms with van der Waals surface area (Å²) >= 11 is 3.61. The molecule has 1 aliphatic rings. The molecule has 1 aromatic rings. The van der Waals surface area contributed by atoms with Crippen LogP contribution in [0.25, 0.3) is 0 Å². The fourth-order valence-electron chi connectivity index (χ4n) is 3.02. The zero-order valence-corrected chi connectivity index (χ0v) is 13.7. The summed E-state index contributed by atoms with van der Waals surface area (Å²) < 4.78 is 6.42. The van der Waals surface area contributed by atoms with Crippen molar-refractivity contribution < 1.29 is 4.74 Å². The van der Waals surface area contributed by atoms with Crippen molar-refractivity contribution in [2.24, 2.45) is 5.92 Å². The van der Waals surface area contributed by atoms with E-state index in [0.717, 1.165) is 11.2 Å². The van der Waals surface area contributed by atoms with Crippen LogP contribution in [0.3, 0.4) is 0 Å². The van der Waals surface area contributed by atoms with Crippen molar-refractivity contribution in [3.05, 3.63) is 35.4 Å². The smallest absolute Gasteiger partial charge is 0.0925 e. The van der Waals surface area contributed by atoms with E-state index in [2.05, 4.69) is 54.0 Å². The number of hydrogen-bond acceptors (Lipinski definition) is 1. The Labute approximate surface area is 125 Å². The molecule has 0 N–H and O–H groups in total. The molecule has 0 amide bonds. The third-order valence-corrected chi connectivity index (χ3v) is 4.88. The van der Waals surface area contributed by atoms with Crippen LogP contribution in [0.15, 0.2) is 24.3 Å². The summed E-state index contributed by atoms with van der Waals surface area (Å²) in [7, 11) is 0. The van der Waals surface area contributed by atoms with Gasteiger partial charge in [0, 0.05) is 5.33 Å². The molecule has 1 aliphatic carbocycles. The number of hydrogen-bond donors (Lipinski definition) is 0. The average molecular weight is 325 g/mol. The highest BCUT2D eigenvalue weighted by molar-refractivity contribution is 9.09. The Morgan fingerprint density at radius 1 is 1.21 bits per heavy atom. The van der Waals surface area contributed by atoms with Gasteiger partial charge in [0.1, 0.15) is 0 Å². The molecule has 19 heavy (non-hydrogen) atoms. The van der Waals surface area contributed by atoms with Gasteiger partial charge in [0.25, 0.3) is 0 Å². The predicted molar refractivity (Wildman–Crippen MR) is 84.8 cm³/mol. The maximum absolute atomic E-state index is 6.42. The highest BCUT2D eigenvalue weighted by Gasteiger charge is 2.27. The van der Waals surface area contributed by atoms with E-state index in [0.29, 0.717) is 6.10 Å². The highest BCUT2D eigenvalue weighted by atomic mass is 79.9. The minimum atomic E-state index is 0.192. The molecule has 0 saturated heterocycles. The molecule has 0 aromatic heterocycles. The van der Waals surface area contributed by atoms with Crippen LogP contribution in [-0.4, -0.2) is 11.4 Å². The van der Waals surface area contributed by atoms with Crippen molar-refractivity contribution in [3.8, 4) is 0 Å². The van der Waals surface area contributed by atoms with Gasteiger partial charge in [-0.05, 0) is 31.2 Å². The molecule has 2 heteroatoms. The van der Waals surface area contributed by atoms with Crippen LogP contribution in [0.1, 0.15) is 56.3 Å². The quantitative estimate of drug-likeness (QED) is 0.657. The Morgan fingerprint density at radius 2 is 1.89 bits per heavy atom. The number of halogens is 1. The van der Waals surface area contributed by atoms with Gasteiger partial charge >= 0.3 is 0 Å². The lowest BCUT2D eigenvalue weighted by molar-refractivity contribution is -0.0524. The van der Waals surface area contributed by atoms with Gasteiger partial charge in [0.2, 0.25) is 0 Å². The second-order valence-corrected chi connectivity index (χ2v) is 6.33. The molecular formula is C17H25BrO. The zero-order chi connectivity index (χ0) is 13.7. The zero-order valence-electron chi connectivity index (χ0n) is 12.1. The van der Waals surface area contributed by atoms with Crippen LogP contribution in [0, 0.1) is 12.8 Å². The minimum Gasteiger partial charge on any atom is -0.369 e. The topological polar surface area (TPSA) is 9.23 Å². The fraction of sp³-hybridized carbons (Fsp3) is 0.647. The minimum absolute atomic E-state index is 0.192. The number of ether oxygens (including phenoxy) is 1. The Hall–Kier alpha value is -0.340. The maximum atomic E-state index is 6.42. The van der Waals surface area contributed by atoms with Crippen LogP contribution in [0.4, 0.5) is 0 Å². The molecule has 0 radical (unpaired) electrons. The Morgan fingerprint density at radius 3 is 2.53 bits per heavy atom. The van der Waals surface area contributed by atoms with E-state index in [1.807, 2.05) is 0 Å². The Balaban J connectivity index is 2.03. The van der Waals surface area contributed by atoms with Gasteiger partial charge in [-0.3, -0.25) is 0 Å². The molecule has 1 nitrogen and oxygen atoms in total. The van der Waals surface area contributed by atoms with Crippen LogP contribution >= 0.6 is 15.9 Å². The van der Waals surface area contributed by atoms with Crippen molar-refractivity contribution in [1.29, 1.82) is 0 Å². The lowest BCUT2D eigenvalue weighted by Crippen LogP contribution is -2.29. The van der Waals surface area contributed by atoms with Crippen molar-refractivity contribution in [2.45, 2.75) is 58.2 Å². The average Bonchev–Trinajstić information content (AvgIpc) is 2.46. The number of aryl methyl sites for hydroxylation is 1. The molecule has 2 rings (SSSR count). The van der Waals surface area contributed by atoms with Crippen LogP contribution in [-0.2, 0) is 4.74 Å². The van der Waals surface area contributed by atoms with Gasteiger partial charge in [0.15, 0.2) is 0 Å². The number of benzene rings is 1. The lowest BCUT2D eigenvalue weighted by Gasteiger charge is -2.33. The summed E-state index contributed by atoms with van der Waals surface area (Å²) in [6, 6.07) is 8.75. The molecular weight excluding hydrogens is 300 g/mol. The monoisotopic (exact) mass is 324 g/mol. The first kappa shape index (κ1) is 15.1. The number of rotatable bonds is 5. The molecule has 1 aromatic carbocycles. The molecule has 3 unspecified atom stereocenters. The van der Waals surface area contributed by atoms with Gasteiger partial charge in [-0.25, -0.2) is 0 Å². The van der Waals surface area contributed by atoms with Gasteiger partial charge in [-0.1, -0.05) is 71.9 Å². The van der Waals surface area contributed by atoms with E-state index in [1.54, 1.807) is 0 Å². The molecule has 0 heterocycles. The Bertz CT molecular complexity index is 373. The Kier molecular flexibility index (Phi) is 5.90. The normalized spacial score (nSPS) is 25.2. The van der Waals surface area contributed by atoms with Gasteiger partial charge in [-0.2, -0.15) is 0 Å². The molecule has 106 valence electrons. The first-order valence-corrected chi connectivity index (χ1v) is 8.64. The second-order valence-electron chi connectivity index (χ2n) is 5.68. The third-order valence-electron chi connectivity index (χ3n) is 4.29. The van der Waals surface area contributed by atoms with E-state index < -0.39 is 0 Å². The highest BCUT2D eigenvalue weighted by Crippen LogP contribution is 2.33. The first-order chi connectivity index (χ1) is 9.24. The first-order valence-electron chi connectivity index (χ1n) is 7.52. The standard InChI is InChI=1S/C17H25BrO/c1-3-14-6-4-5-7-16(14)19-17(12-18)15-10-8-13(2)9-11-15/h8-11,14,16-17H,3-7,12H2,1-2H3. The summed E-state index contributed by atoms with van der Waals surface area (Å²) in [5, 5.41) is 0.878. The van der Waals surface area contributed by atoms with Crippen LogP contribution < -0.4 is 0 Å². The summed E-state index contributed by atoms with van der Waals surface area (Å²) in [5.74, 6) is 0.751. The van der Waals surface area contributed by atoms with Gasteiger partial charge < -0.3 is 4.74 Å². The predicted octanol–water partition coefficient (Wildman–Crippen LogP) is 5.42.